The van der Waals surface area contributed by atoms with Crippen LogP contribution in [0.25, 0.3) is 10.9 Å². The first-order chi connectivity index (χ1) is 11.7. The largest absolute Gasteiger partial charge is 0.340 e. The molecule has 0 atom stereocenters. The van der Waals surface area contributed by atoms with E-state index in [9.17, 15) is 0 Å². The van der Waals surface area contributed by atoms with Crippen LogP contribution in [0.5, 0.6) is 0 Å². The average molecular weight is 336 g/mol. The van der Waals surface area contributed by atoms with Crippen molar-refractivity contribution in [1.29, 1.82) is 0 Å². The summed E-state index contributed by atoms with van der Waals surface area (Å²) in [4.78, 5) is 4.15. The summed E-state index contributed by atoms with van der Waals surface area (Å²) in [5.41, 5.74) is 5.15. The van der Waals surface area contributed by atoms with E-state index in [4.69, 9.17) is 11.6 Å². The molecule has 2 aromatic heterocycles. The van der Waals surface area contributed by atoms with Gasteiger partial charge in [0, 0.05) is 46.1 Å². The van der Waals surface area contributed by atoms with E-state index in [0.29, 0.717) is 0 Å². The SMILES string of the molecule is Cc1c(Cn2ccnc2)c2ccccc2n1Cc1ccc(Cl)cc1. The summed E-state index contributed by atoms with van der Waals surface area (Å²) in [5.74, 6) is 0. The molecule has 0 spiro atoms. The van der Waals surface area contributed by atoms with E-state index < -0.39 is 0 Å². The first-order valence-electron chi connectivity index (χ1n) is 7.99. The number of aromatic nitrogens is 3. The van der Waals surface area contributed by atoms with Crippen LogP contribution < -0.4 is 0 Å². The summed E-state index contributed by atoms with van der Waals surface area (Å²) in [6.07, 6.45) is 5.69. The zero-order chi connectivity index (χ0) is 16.5. The molecule has 0 unspecified atom stereocenters. The number of para-hydroxylation sites is 1. The normalized spacial score (nSPS) is 11.2. The lowest BCUT2D eigenvalue weighted by Gasteiger charge is -2.09. The van der Waals surface area contributed by atoms with Crippen LogP contribution in [0.2, 0.25) is 5.02 Å². The van der Waals surface area contributed by atoms with Gasteiger partial charge >= 0.3 is 0 Å². The molecule has 0 bridgehead atoms. The third-order valence-electron chi connectivity index (χ3n) is 4.52. The average Bonchev–Trinajstić information content (AvgIpc) is 3.20. The molecule has 2 heterocycles. The minimum Gasteiger partial charge on any atom is -0.340 e. The van der Waals surface area contributed by atoms with Crippen LogP contribution in [-0.4, -0.2) is 14.1 Å². The van der Waals surface area contributed by atoms with Gasteiger partial charge in [-0.25, -0.2) is 4.98 Å². The lowest BCUT2D eigenvalue weighted by molar-refractivity contribution is 0.760. The molecule has 0 aliphatic heterocycles. The van der Waals surface area contributed by atoms with Gasteiger partial charge < -0.3 is 9.13 Å². The Hall–Kier alpha value is -2.52. The van der Waals surface area contributed by atoms with Crippen molar-refractivity contribution < 1.29 is 0 Å². The van der Waals surface area contributed by atoms with Gasteiger partial charge in [-0.2, -0.15) is 0 Å². The fourth-order valence-corrected chi connectivity index (χ4v) is 3.37. The fourth-order valence-electron chi connectivity index (χ4n) is 3.24. The third kappa shape index (κ3) is 2.72. The highest BCUT2D eigenvalue weighted by atomic mass is 35.5. The maximum absolute atomic E-state index is 6.01. The molecule has 0 amide bonds. The van der Waals surface area contributed by atoms with E-state index in [1.165, 1.54) is 27.7 Å². The quantitative estimate of drug-likeness (QED) is 0.520. The highest BCUT2D eigenvalue weighted by molar-refractivity contribution is 6.30. The summed E-state index contributed by atoms with van der Waals surface area (Å²) in [6.45, 7) is 3.87. The number of imidazole rings is 1. The van der Waals surface area contributed by atoms with Gasteiger partial charge in [0.15, 0.2) is 0 Å². The van der Waals surface area contributed by atoms with E-state index in [-0.39, 0.29) is 0 Å². The van der Waals surface area contributed by atoms with Gasteiger partial charge in [0.2, 0.25) is 0 Å². The minimum absolute atomic E-state index is 0.772. The second-order valence-corrected chi connectivity index (χ2v) is 6.47. The van der Waals surface area contributed by atoms with Crippen LogP contribution in [0, 0.1) is 6.92 Å². The maximum atomic E-state index is 6.01. The molecule has 4 aromatic rings. The molecule has 120 valence electrons. The third-order valence-corrected chi connectivity index (χ3v) is 4.77. The minimum atomic E-state index is 0.772. The van der Waals surface area contributed by atoms with Gasteiger partial charge in [0.05, 0.1) is 12.9 Å². The Balaban J connectivity index is 1.80. The smallest absolute Gasteiger partial charge is 0.0949 e. The van der Waals surface area contributed by atoms with E-state index in [1.807, 2.05) is 30.9 Å². The Morgan fingerprint density at radius 1 is 1.00 bits per heavy atom. The van der Waals surface area contributed by atoms with Crippen LogP contribution in [0.15, 0.2) is 67.3 Å². The molecule has 0 aliphatic carbocycles. The van der Waals surface area contributed by atoms with Crippen molar-refractivity contribution in [2.24, 2.45) is 0 Å². The van der Waals surface area contributed by atoms with Crippen molar-refractivity contribution in [2.45, 2.75) is 20.0 Å². The topological polar surface area (TPSA) is 22.8 Å². The van der Waals surface area contributed by atoms with Gasteiger partial charge in [-0.3, -0.25) is 0 Å². The second kappa shape index (κ2) is 6.17. The van der Waals surface area contributed by atoms with Crippen molar-refractivity contribution in [3.8, 4) is 0 Å². The molecule has 0 N–H and O–H groups in total. The Morgan fingerprint density at radius 3 is 2.54 bits per heavy atom. The Kier molecular flexibility index (Phi) is 3.87. The van der Waals surface area contributed by atoms with E-state index in [1.54, 1.807) is 0 Å². The molecule has 0 saturated carbocycles. The molecular formula is C20H18ClN3. The standard InChI is InChI=1S/C20H18ClN3/c1-15-19(13-23-11-10-22-14-23)18-4-2-3-5-20(18)24(15)12-16-6-8-17(21)9-7-16/h2-11,14H,12-13H2,1H3. The molecule has 24 heavy (non-hydrogen) atoms. The van der Waals surface area contributed by atoms with Crippen LogP contribution in [0.4, 0.5) is 0 Å². The molecule has 2 aromatic carbocycles. The first-order valence-corrected chi connectivity index (χ1v) is 8.37. The first kappa shape index (κ1) is 15.0. The van der Waals surface area contributed by atoms with Gasteiger partial charge in [0.25, 0.3) is 0 Å². The number of hydrogen-bond acceptors (Lipinski definition) is 1. The molecular weight excluding hydrogens is 318 g/mol. The summed E-state index contributed by atoms with van der Waals surface area (Å²) in [5, 5.41) is 2.08. The molecule has 4 heteroatoms. The Morgan fingerprint density at radius 2 is 1.79 bits per heavy atom. The van der Waals surface area contributed by atoms with E-state index in [0.717, 1.165) is 18.1 Å². The van der Waals surface area contributed by atoms with Crippen molar-refractivity contribution in [1.82, 2.24) is 14.1 Å². The van der Waals surface area contributed by atoms with Crippen molar-refractivity contribution in [3.63, 3.8) is 0 Å². The molecule has 3 nitrogen and oxygen atoms in total. The highest BCUT2D eigenvalue weighted by Crippen LogP contribution is 2.27. The molecule has 0 saturated heterocycles. The number of benzene rings is 2. The number of rotatable bonds is 4. The zero-order valence-electron chi connectivity index (χ0n) is 13.5. The molecule has 0 fully saturated rings. The monoisotopic (exact) mass is 335 g/mol. The van der Waals surface area contributed by atoms with Crippen LogP contribution in [0.1, 0.15) is 16.8 Å². The Bertz CT molecular complexity index is 966. The van der Waals surface area contributed by atoms with Crippen molar-refractivity contribution >= 4 is 22.5 Å². The van der Waals surface area contributed by atoms with Crippen LogP contribution in [-0.2, 0) is 13.1 Å². The second-order valence-electron chi connectivity index (χ2n) is 6.03. The summed E-state index contributed by atoms with van der Waals surface area (Å²) in [6, 6.07) is 16.7. The predicted molar refractivity (Wildman–Crippen MR) is 98.6 cm³/mol. The fraction of sp³-hybridized carbons (Fsp3) is 0.150. The zero-order valence-corrected chi connectivity index (χ0v) is 14.2. The maximum Gasteiger partial charge on any atom is 0.0949 e. The number of nitrogens with zero attached hydrogens (tertiary/aromatic N) is 3. The number of hydrogen-bond donors (Lipinski definition) is 0. The lowest BCUT2D eigenvalue weighted by Crippen LogP contribution is -2.04. The van der Waals surface area contributed by atoms with Crippen LogP contribution in [0.3, 0.4) is 0 Å². The van der Waals surface area contributed by atoms with Gasteiger partial charge in [-0.05, 0) is 30.7 Å². The lowest BCUT2D eigenvalue weighted by atomic mass is 10.1. The van der Waals surface area contributed by atoms with Gasteiger partial charge in [-0.1, -0.05) is 41.9 Å². The number of halogens is 1. The van der Waals surface area contributed by atoms with Crippen LogP contribution >= 0.6 is 11.6 Å². The Labute approximate surface area is 146 Å². The summed E-state index contributed by atoms with van der Waals surface area (Å²) >= 11 is 6.01. The summed E-state index contributed by atoms with van der Waals surface area (Å²) in [7, 11) is 0. The highest BCUT2D eigenvalue weighted by Gasteiger charge is 2.14. The summed E-state index contributed by atoms with van der Waals surface area (Å²) < 4.78 is 4.49. The van der Waals surface area contributed by atoms with Gasteiger partial charge in [-0.15, -0.1) is 0 Å². The van der Waals surface area contributed by atoms with E-state index >= 15 is 0 Å². The molecule has 4 rings (SSSR count). The number of fused-ring (bicyclic) bond motifs is 1. The predicted octanol–water partition coefficient (Wildman–Crippen LogP) is 4.90. The van der Waals surface area contributed by atoms with E-state index in [2.05, 4.69) is 57.4 Å². The van der Waals surface area contributed by atoms with Crippen molar-refractivity contribution in [3.05, 3.63) is 89.1 Å². The molecule has 0 aliphatic rings. The van der Waals surface area contributed by atoms with Gasteiger partial charge in [0.1, 0.15) is 0 Å². The molecule has 0 radical (unpaired) electrons. The van der Waals surface area contributed by atoms with Crippen molar-refractivity contribution in [2.75, 3.05) is 0 Å².